The molecular formula is C8H12N2O5. The lowest BCUT2D eigenvalue weighted by atomic mass is 9.94. The average Bonchev–Trinajstić information content (AvgIpc) is 2.60. The average molecular weight is 216 g/mol. The molecule has 1 spiro atoms. The predicted molar refractivity (Wildman–Crippen MR) is 46.6 cm³/mol. The zero-order valence-electron chi connectivity index (χ0n) is 7.80. The van der Waals surface area contributed by atoms with Crippen LogP contribution in [0.5, 0.6) is 0 Å². The van der Waals surface area contributed by atoms with Crippen molar-refractivity contribution in [2.24, 2.45) is 5.92 Å². The predicted octanol–water partition coefficient (Wildman–Crippen LogP) is -2.70. The summed E-state index contributed by atoms with van der Waals surface area (Å²) in [5.74, 6) is -1.26. The Morgan fingerprint density at radius 1 is 1.40 bits per heavy atom. The Morgan fingerprint density at radius 3 is 2.47 bits per heavy atom. The van der Waals surface area contributed by atoms with Crippen LogP contribution in [0.3, 0.4) is 0 Å². The Morgan fingerprint density at radius 2 is 2.07 bits per heavy atom. The molecule has 1 saturated carbocycles. The zero-order chi connectivity index (χ0) is 11.2. The van der Waals surface area contributed by atoms with Crippen molar-refractivity contribution in [1.82, 2.24) is 10.6 Å². The molecule has 1 aliphatic heterocycles. The van der Waals surface area contributed by atoms with E-state index in [1.54, 1.807) is 0 Å². The molecule has 2 rings (SSSR count). The van der Waals surface area contributed by atoms with E-state index in [2.05, 4.69) is 5.32 Å². The van der Waals surface area contributed by atoms with Gasteiger partial charge in [0, 0.05) is 12.5 Å². The molecule has 7 nitrogen and oxygen atoms in total. The van der Waals surface area contributed by atoms with Gasteiger partial charge >= 0.3 is 6.03 Å². The van der Waals surface area contributed by atoms with Gasteiger partial charge in [-0.25, -0.2) is 4.79 Å². The summed E-state index contributed by atoms with van der Waals surface area (Å²) in [6.45, 7) is -0.344. The Hall–Kier alpha value is -1.18. The number of urea groups is 1. The minimum atomic E-state index is -1.48. The largest absolute Gasteiger partial charge is 0.396 e. The molecule has 1 heterocycles. The third-order valence-electron chi connectivity index (χ3n) is 3.10. The van der Waals surface area contributed by atoms with E-state index in [0.29, 0.717) is 0 Å². The van der Waals surface area contributed by atoms with E-state index in [1.807, 2.05) is 5.32 Å². The molecule has 0 aromatic rings. The molecule has 0 radical (unpaired) electrons. The number of carbonyl (C=O) groups excluding carboxylic acids is 2. The number of hydrogen-bond donors (Lipinski definition) is 5. The summed E-state index contributed by atoms with van der Waals surface area (Å²) in [5, 5.41) is 32.5. The minimum Gasteiger partial charge on any atom is -0.396 e. The molecule has 7 heteroatoms. The monoisotopic (exact) mass is 216 g/mol. The van der Waals surface area contributed by atoms with Crippen LogP contribution < -0.4 is 10.6 Å². The van der Waals surface area contributed by atoms with Gasteiger partial charge in [0.25, 0.3) is 5.91 Å². The van der Waals surface area contributed by atoms with Crippen LogP contribution in [0.15, 0.2) is 0 Å². The van der Waals surface area contributed by atoms with Crippen molar-refractivity contribution in [2.45, 2.75) is 24.2 Å². The maximum absolute atomic E-state index is 11.5. The molecule has 3 amide bonds. The SMILES string of the molecule is O=C1NC(=O)[C@]2(C[C@H](CO)[C@H](O)[C@@H]2O)N1. The van der Waals surface area contributed by atoms with Gasteiger partial charge in [0.15, 0.2) is 0 Å². The van der Waals surface area contributed by atoms with Gasteiger partial charge in [-0.2, -0.15) is 0 Å². The van der Waals surface area contributed by atoms with E-state index in [1.165, 1.54) is 0 Å². The van der Waals surface area contributed by atoms with Gasteiger partial charge in [-0.05, 0) is 6.42 Å². The summed E-state index contributed by atoms with van der Waals surface area (Å²) in [6.07, 6.45) is -2.57. The number of amides is 3. The highest BCUT2D eigenvalue weighted by Crippen LogP contribution is 2.36. The molecule has 0 aromatic heterocycles. The summed E-state index contributed by atoms with van der Waals surface area (Å²) < 4.78 is 0. The number of rotatable bonds is 1. The standard InChI is InChI=1S/C8H12N2O5/c11-2-3-1-8(5(13)4(3)12)6(14)9-7(15)10-8/h3-5,11-13H,1-2H2,(H2,9,10,14,15)/t3-,4+,5+,8-/m1/s1. The molecule has 2 fully saturated rings. The zero-order valence-corrected chi connectivity index (χ0v) is 7.80. The Labute approximate surface area is 85.1 Å². The summed E-state index contributed by atoms with van der Waals surface area (Å²) >= 11 is 0. The number of hydrogen-bond acceptors (Lipinski definition) is 5. The second kappa shape index (κ2) is 3.16. The van der Waals surface area contributed by atoms with Crippen molar-refractivity contribution in [3.63, 3.8) is 0 Å². The van der Waals surface area contributed by atoms with Crippen LogP contribution in [0, 0.1) is 5.92 Å². The molecule has 4 atom stereocenters. The summed E-state index contributed by atoms with van der Waals surface area (Å²) in [7, 11) is 0. The third-order valence-corrected chi connectivity index (χ3v) is 3.10. The van der Waals surface area contributed by atoms with Crippen molar-refractivity contribution >= 4 is 11.9 Å². The summed E-state index contributed by atoms with van der Waals surface area (Å²) in [5.41, 5.74) is -1.48. The van der Waals surface area contributed by atoms with E-state index in [-0.39, 0.29) is 13.0 Å². The van der Waals surface area contributed by atoms with Gasteiger partial charge in [0.05, 0.1) is 6.10 Å². The van der Waals surface area contributed by atoms with Crippen LogP contribution in [-0.4, -0.2) is 51.6 Å². The van der Waals surface area contributed by atoms with E-state index >= 15 is 0 Å². The van der Waals surface area contributed by atoms with Gasteiger partial charge in [0.2, 0.25) is 0 Å². The summed E-state index contributed by atoms with van der Waals surface area (Å²) in [6, 6.07) is -0.690. The van der Waals surface area contributed by atoms with E-state index in [9.17, 15) is 19.8 Å². The first kappa shape index (κ1) is 10.3. The van der Waals surface area contributed by atoms with Crippen LogP contribution in [0.2, 0.25) is 0 Å². The smallest absolute Gasteiger partial charge is 0.322 e. The van der Waals surface area contributed by atoms with E-state index < -0.39 is 35.6 Å². The van der Waals surface area contributed by atoms with Crippen molar-refractivity contribution in [3.05, 3.63) is 0 Å². The summed E-state index contributed by atoms with van der Waals surface area (Å²) in [4.78, 5) is 22.4. The first-order chi connectivity index (χ1) is 7.01. The Kier molecular flexibility index (Phi) is 2.18. The van der Waals surface area contributed by atoms with Crippen molar-refractivity contribution in [2.75, 3.05) is 6.61 Å². The van der Waals surface area contributed by atoms with Crippen molar-refractivity contribution in [1.29, 1.82) is 0 Å². The molecule has 15 heavy (non-hydrogen) atoms. The van der Waals surface area contributed by atoms with Crippen molar-refractivity contribution < 1.29 is 24.9 Å². The number of nitrogens with one attached hydrogen (secondary N) is 2. The Balaban J connectivity index is 2.30. The number of aliphatic hydroxyl groups is 3. The normalized spacial score (nSPS) is 44.6. The van der Waals surface area contributed by atoms with Gasteiger partial charge in [0.1, 0.15) is 11.6 Å². The molecule has 1 aliphatic carbocycles. The number of imide groups is 1. The second-order valence-corrected chi connectivity index (χ2v) is 3.96. The molecule has 2 aliphatic rings. The number of aliphatic hydroxyl groups excluding tert-OH is 3. The molecular weight excluding hydrogens is 204 g/mol. The third kappa shape index (κ3) is 1.24. The fraction of sp³-hybridized carbons (Fsp3) is 0.750. The quantitative estimate of drug-likeness (QED) is 0.305. The van der Waals surface area contributed by atoms with Crippen LogP contribution in [0.1, 0.15) is 6.42 Å². The fourth-order valence-corrected chi connectivity index (χ4v) is 2.23. The van der Waals surface area contributed by atoms with E-state index in [4.69, 9.17) is 5.11 Å². The van der Waals surface area contributed by atoms with Gasteiger partial charge in [-0.3, -0.25) is 10.1 Å². The van der Waals surface area contributed by atoms with Crippen LogP contribution in [0.4, 0.5) is 4.79 Å². The lowest BCUT2D eigenvalue weighted by molar-refractivity contribution is -0.128. The lowest BCUT2D eigenvalue weighted by Crippen LogP contribution is -2.55. The first-order valence-corrected chi connectivity index (χ1v) is 4.62. The fourth-order valence-electron chi connectivity index (χ4n) is 2.23. The second-order valence-electron chi connectivity index (χ2n) is 3.96. The molecule has 1 saturated heterocycles. The van der Waals surface area contributed by atoms with E-state index in [0.717, 1.165) is 0 Å². The highest BCUT2D eigenvalue weighted by molar-refractivity contribution is 6.07. The van der Waals surface area contributed by atoms with Gasteiger partial charge < -0.3 is 20.6 Å². The molecule has 0 unspecified atom stereocenters. The first-order valence-electron chi connectivity index (χ1n) is 4.62. The maximum atomic E-state index is 11.5. The van der Waals surface area contributed by atoms with Crippen LogP contribution >= 0.6 is 0 Å². The minimum absolute atomic E-state index is 0.0312. The maximum Gasteiger partial charge on any atom is 0.322 e. The highest BCUT2D eigenvalue weighted by Gasteiger charge is 2.61. The van der Waals surface area contributed by atoms with Crippen LogP contribution in [-0.2, 0) is 4.79 Å². The van der Waals surface area contributed by atoms with Gasteiger partial charge in [-0.1, -0.05) is 0 Å². The molecule has 84 valence electrons. The Bertz CT molecular complexity index is 320. The topological polar surface area (TPSA) is 119 Å². The lowest BCUT2D eigenvalue weighted by Gasteiger charge is -2.24. The van der Waals surface area contributed by atoms with Crippen LogP contribution in [0.25, 0.3) is 0 Å². The molecule has 0 aromatic carbocycles. The molecule has 5 N–H and O–H groups in total. The highest BCUT2D eigenvalue weighted by atomic mass is 16.3. The molecule has 0 bridgehead atoms. The van der Waals surface area contributed by atoms with Gasteiger partial charge in [-0.15, -0.1) is 0 Å². The number of carbonyl (C=O) groups is 2. The van der Waals surface area contributed by atoms with Crippen molar-refractivity contribution in [3.8, 4) is 0 Å².